The SMILES string of the molecule is CCCCN1CC=C(N(C)C)CC1. The van der Waals surface area contributed by atoms with Gasteiger partial charge in [0, 0.05) is 32.9 Å². The molecular formula is C11H22N2. The highest BCUT2D eigenvalue weighted by molar-refractivity contribution is 5.04. The first kappa shape index (κ1) is 10.6. The third-order valence-electron chi connectivity index (χ3n) is 2.67. The van der Waals surface area contributed by atoms with E-state index in [2.05, 4.69) is 36.9 Å². The maximum absolute atomic E-state index is 2.54. The zero-order valence-corrected chi connectivity index (χ0v) is 9.21. The zero-order chi connectivity index (χ0) is 9.68. The van der Waals surface area contributed by atoms with E-state index < -0.39 is 0 Å². The highest BCUT2D eigenvalue weighted by Crippen LogP contribution is 2.12. The topological polar surface area (TPSA) is 6.48 Å². The number of unbranched alkanes of at least 4 members (excludes halogenated alkanes) is 1. The summed E-state index contributed by atoms with van der Waals surface area (Å²) in [5, 5.41) is 0. The Labute approximate surface area is 82.2 Å². The van der Waals surface area contributed by atoms with E-state index in [4.69, 9.17) is 0 Å². The van der Waals surface area contributed by atoms with E-state index >= 15 is 0 Å². The van der Waals surface area contributed by atoms with E-state index in [0.717, 1.165) is 6.54 Å². The molecule has 0 amide bonds. The second kappa shape index (κ2) is 5.28. The fraction of sp³-hybridized carbons (Fsp3) is 0.818. The van der Waals surface area contributed by atoms with Crippen LogP contribution in [0.2, 0.25) is 0 Å². The van der Waals surface area contributed by atoms with E-state index in [1.165, 1.54) is 38.0 Å². The van der Waals surface area contributed by atoms with Gasteiger partial charge in [-0.1, -0.05) is 19.4 Å². The molecule has 0 aromatic rings. The molecule has 1 heterocycles. The highest BCUT2D eigenvalue weighted by Gasteiger charge is 2.11. The summed E-state index contributed by atoms with van der Waals surface area (Å²) in [6, 6.07) is 0. The van der Waals surface area contributed by atoms with Gasteiger partial charge in [0.15, 0.2) is 0 Å². The molecule has 1 aliphatic rings. The van der Waals surface area contributed by atoms with Gasteiger partial charge < -0.3 is 4.90 Å². The fourth-order valence-corrected chi connectivity index (χ4v) is 1.69. The Bertz CT molecular complexity index is 173. The van der Waals surface area contributed by atoms with Crippen LogP contribution in [-0.4, -0.2) is 43.5 Å². The molecule has 1 rings (SSSR count). The minimum absolute atomic E-state index is 1.15. The molecule has 0 unspecified atom stereocenters. The Hall–Kier alpha value is -0.500. The standard InChI is InChI=1S/C11H22N2/c1-4-5-8-13-9-6-11(7-10-13)12(2)3/h6H,4-5,7-10H2,1-3H3. The smallest absolute Gasteiger partial charge is 0.0183 e. The Morgan fingerprint density at radius 2 is 2.23 bits per heavy atom. The maximum atomic E-state index is 2.54. The summed E-state index contributed by atoms with van der Waals surface area (Å²) in [4.78, 5) is 4.77. The lowest BCUT2D eigenvalue weighted by atomic mass is 10.2. The molecule has 0 aromatic heterocycles. The van der Waals surface area contributed by atoms with Gasteiger partial charge in [-0.15, -0.1) is 0 Å². The second-order valence-electron chi connectivity index (χ2n) is 3.99. The number of nitrogens with zero attached hydrogens (tertiary/aromatic N) is 2. The molecule has 0 atom stereocenters. The Morgan fingerprint density at radius 3 is 2.69 bits per heavy atom. The zero-order valence-electron chi connectivity index (χ0n) is 9.21. The molecule has 0 bridgehead atoms. The number of rotatable bonds is 4. The first-order chi connectivity index (χ1) is 6.24. The summed E-state index contributed by atoms with van der Waals surface area (Å²) in [6.07, 6.45) is 6.22. The quantitative estimate of drug-likeness (QED) is 0.655. The lowest BCUT2D eigenvalue weighted by molar-refractivity contribution is 0.272. The van der Waals surface area contributed by atoms with Crippen LogP contribution in [0.15, 0.2) is 11.8 Å². The summed E-state index contributed by atoms with van der Waals surface area (Å²) in [5.74, 6) is 0. The molecule has 13 heavy (non-hydrogen) atoms. The van der Waals surface area contributed by atoms with Crippen LogP contribution in [0.25, 0.3) is 0 Å². The van der Waals surface area contributed by atoms with Gasteiger partial charge in [-0.3, -0.25) is 4.90 Å². The molecule has 0 fully saturated rings. The molecule has 76 valence electrons. The normalized spacial score (nSPS) is 18.5. The first-order valence-corrected chi connectivity index (χ1v) is 5.32. The molecule has 1 aliphatic heterocycles. The highest BCUT2D eigenvalue weighted by atomic mass is 15.1. The third kappa shape index (κ3) is 3.39. The monoisotopic (exact) mass is 182 g/mol. The third-order valence-corrected chi connectivity index (χ3v) is 2.67. The van der Waals surface area contributed by atoms with E-state index in [1.807, 2.05) is 0 Å². The van der Waals surface area contributed by atoms with Crippen molar-refractivity contribution in [2.45, 2.75) is 26.2 Å². The van der Waals surface area contributed by atoms with Crippen molar-refractivity contribution in [3.63, 3.8) is 0 Å². The van der Waals surface area contributed by atoms with Gasteiger partial charge in [-0.05, 0) is 19.4 Å². The fourth-order valence-electron chi connectivity index (χ4n) is 1.69. The van der Waals surface area contributed by atoms with Gasteiger partial charge in [0.05, 0.1) is 0 Å². The van der Waals surface area contributed by atoms with E-state index in [1.54, 1.807) is 0 Å². The lowest BCUT2D eigenvalue weighted by Gasteiger charge is -2.29. The molecule has 0 saturated heterocycles. The lowest BCUT2D eigenvalue weighted by Crippen LogP contribution is -2.32. The summed E-state index contributed by atoms with van der Waals surface area (Å²) in [6.45, 7) is 5.91. The van der Waals surface area contributed by atoms with Crippen LogP contribution in [0.3, 0.4) is 0 Å². The van der Waals surface area contributed by atoms with Gasteiger partial charge in [0.2, 0.25) is 0 Å². The average Bonchev–Trinajstić information content (AvgIpc) is 2.15. The summed E-state index contributed by atoms with van der Waals surface area (Å²) >= 11 is 0. The molecule has 2 heteroatoms. The predicted molar refractivity (Wildman–Crippen MR) is 57.7 cm³/mol. The number of hydrogen-bond donors (Lipinski definition) is 0. The van der Waals surface area contributed by atoms with Crippen LogP contribution in [0.5, 0.6) is 0 Å². The summed E-state index contributed by atoms with van der Waals surface area (Å²) in [5.41, 5.74) is 1.49. The predicted octanol–water partition coefficient (Wildman–Crippen LogP) is 1.94. The Balaban J connectivity index is 2.29. The van der Waals surface area contributed by atoms with Crippen molar-refractivity contribution in [2.75, 3.05) is 33.7 Å². The average molecular weight is 182 g/mol. The molecule has 0 aromatic carbocycles. The van der Waals surface area contributed by atoms with Gasteiger partial charge in [0.25, 0.3) is 0 Å². The van der Waals surface area contributed by atoms with Gasteiger partial charge >= 0.3 is 0 Å². The minimum Gasteiger partial charge on any atom is -0.381 e. The molecule has 0 aliphatic carbocycles. The minimum atomic E-state index is 1.15. The molecule has 0 spiro atoms. The van der Waals surface area contributed by atoms with E-state index in [0.29, 0.717) is 0 Å². The van der Waals surface area contributed by atoms with Gasteiger partial charge in [-0.25, -0.2) is 0 Å². The van der Waals surface area contributed by atoms with Crippen LogP contribution < -0.4 is 0 Å². The maximum Gasteiger partial charge on any atom is 0.0183 e. The van der Waals surface area contributed by atoms with Crippen molar-refractivity contribution in [1.82, 2.24) is 9.80 Å². The molecular weight excluding hydrogens is 160 g/mol. The van der Waals surface area contributed by atoms with Gasteiger partial charge in [0.1, 0.15) is 0 Å². The Morgan fingerprint density at radius 1 is 1.46 bits per heavy atom. The van der Waals surface area contributed by atoms with Crippen LogP contribution in [0, 0.1) is 0 Å². The summed E-state index contributed by atoms with van der Waals surface area (Å²) < 4.78 is 0. The molecule has 0 saturated carbocycles. The van der Waals surface area contributed by atoms with Crippen molar-refractivity contribution < 1.29 is 0 Å². The van der Waals surface area contributed by atoms with Gasteiger partial charge in [-0.2, -0.15) is 0 Å². The summed E-state index contributed by atoms with van der Waals surface area (Å²) in [7, 11) is 4.26. The van der Waals surface area contributed by atoms with Crippen LogP contribution in [0.4, 0.5) is 0 Å². The van der Waals surface area contributed by atoms with Crippen LogP contribution in [0.1, 0.15) is 26.2 Å². The molecule has 2 nitrogen and oxygen atoms in total. The second-order valence-corrected chi connectivity index (χ2v) is 3.99. The molecule has 0 radical (unpaired) electrons. The van der Waals surface area contributed by atoms with Crippen LogP contribution >= 0.6 is 0 Å². The van der Waals surface area contributed by atoms with Crippen molar-refractivity contribution >= 4 is 0 Å². The van der Waals surface area contributed by atoms with Crippen molar-refractivity contribution in [3.8, 4) is 0 Å². The van der Waals surface area contributed by atoms with Crippen molar-refractivity contribution in [2.24, 2.45) is 0 Å². The number of hydrogen-bond acceptors (Lipinski definition) is 2. The van der Waals surface area contributed by atoms with Crippen molar-refractivity contribution in [1.29, 1.82) is 0 Å². The van der Waals surface area contributed by atoms with Crippen LogP contribution in [-0.2, 0) is 0 Å². The van der Waals surface area contributed by atoms with E-state index in [-0.39, 0.29) is 0 Å². The largest absolute Gasteiger partial charge is 0.381 e. The van der Waals surface area contributed by atoms with Crippen molar-refractivity contribution in [3.05, 3.63) is 11.8 Å². The van der Waals surface area contributed by atoms with E-state index in [9.17, 15) is 0 Å². The first-order valence-electron chi connectivity index (χ1n) is 5.32. The Kier molecular flexibility index (Phi) is 4.29. The molecule has 0 N–H and O–H groups in total.